The number of carbonyl (C=O) groups is 1. The third-order valence-electron chi connectivity index (χ3n) is 3.57. The minimum atomic E-state index is -0.507. The van der Waals surface area contributed by atoms with Gasteiger partial charge in [0.15, 0.2) is 0 Å². The fourth-order valence-electron chi connectivity index (χ4n) is 2.31. The number of ether oxygens (including phenoxy) is 1. The van der Waals surface area contributed by atoms with Gasteiger partial charge in [0.05, 0.1) is 13.2 Å². The van der Waals surface area contributed by atoms with Crippen LogP contribution in [0.1, 0.15) is 45.6 Å². The first kappa shape index (κ1) is 17.5. The number of amides is 1. The third kappa shape index (κ3) is 5.38. The fraction of sp³-hybridized carbons (Fsp3) is 0.588. The number of hydrogen-bond acceptors (Lipinski definition) is 3. The van der Waals surface area contributed by atoms with Crippen LogP contribution in [0.5, 0.6) is 5.75 Å². The Morgan fingerprint density at radius 1 is 1.19 bits per heavy atom. The molecule has 0 saturated carbocycles. The van der Waals surface area contributed by atoms with E-state index in [0.29, 0.717) is 13.0 Å². The minimum absolute atomic E-state index is 0.0780. The van der Waals surface area contributed by atoms with Gasteiger partial charge in [-0.2, -0.15) is 0 Å². The molecule has 0 aromatic heterocycles. The van der Waals surface area contributed by atoms with Crippen molar-refractivity contribution in [1.29, 1.82) is 0 Å². The normalized spacial score (nSPS) is 13.9. The number of carbonyl (C=O) groups excluding carboxylic acids is 1. The monoisotopic (exact) mass is 293 g/mol. The van der Waals surface area contributed by atoms with E-state index >= 15 is 0 Å². The zero-order chi connectivity index (χ0) is 16.0. The molecule has 1 N–H and O–H groups in total. The van der Waals surface area contributed by atoms with Gasteiger partial charge in [0.25, 0.3) is 0 Å². The number of hydrogen-bond donors (Lipinski definition) is 1. The van der Waals surface area contributed by atoms with Crippen molar-refractivity contribution in [3.05, 3.63) is 29.8 Å². The van der Waals surface area contributed by atoms with Gasteiger partial charge >= 0.3 is 0 Å². The van der Waals surface area contributed by atoms with Gasteiger partial charge in [-0.05, 0) is 44.4 Å². The number of aliphatic hydroxyl groups excluding tert-OH is 1. The first-order chi connectivity index (χ1) is 9.85. The Morgan fingerprint density at radius 2 is 1.76 bits per heavy atom. The largest absolute Gasteiger partial charge is 0.497 e. The van der Waals surface area contributed by atoms with Crippen molar-refractivity contribution in [3.8, 4) is 5.75 Å². The summed E-state index contributed by atoms with van der Waals surface area (Å²) in [5, 5.41) is 9.52. The van der Waals surface area contributed by atoms with Gasteiger partial charge < -0.3 is 14.7 Å². The van der Waals surface area contributed by atoms with E-state index in [1.165, 1.54) is 0 Å². The zero-order valence-corrected chi connectivity index (χ0v) is 13.7. The lowest BCUT2D eigenvalue weighted by atomic mass is 9.96. The van der Waals surface area contributed by atoms with E-state index in [0.717, 1.165) is 11.3 Å². The van der Waals surface area contributed by atoms with Crippen molar-refractivity contribution in [2.24, 2.45) is 0 Å². The molecule has 0 saturated heterocycles. The van der Waals surface area contributed by atoms with E-state index in [1.54, 1.807) is 18.9 Å². The van der Waals surface area contributed by atoms with Gasteiger partial charge in [0, 0.05) is 19.0 Å². The third-order valence-corrected chi connectivity index (χ3v) is 3.57. The highest BCUT2D eigenvalue weighted by Gasteiger charge is 2.21. The molecular formula is C17H27NO3. The minimum Gasteiger partial charge on any atom is -0.497 e. The molecule has 4 nitrogen and oxygen atoms in total. The molecule has 0 spiro atoms. The molecule has 0 heterocycles. The Morgan fingerprint density at radius 3 is 2.19 bits per heavy atom. The molecule has 1 aromatic rings. The van der Waals surface area contributed by atoms with Crippen LogP contribution in [-0.2, 0) is 4.79 Å². The Hall–Kier alpha value is -1.55. The molecule has 2 atom stereocenters. The predicted molar refractivity (Wildman–Crippen MR) is 84.6 cm³/mol. The van der Waals surface area contributed by atoms with Crippen molar-refractivity contribution < 1.29 is 14.6 Å². The molecule has 0 aliphatic rings. The number of benzene rings is 1. The summed E-state index contributed by atoms with van der Waals surface area (Å²) in [4.78, 5) is 14.2. The summed E-state index contributed by atoms with van der Waals surface area (Å²) in [6, 6.07) is 7.89. The van der Waals surface area contributed by atoms with Gasteiger partial charge in [-0.25, -0.2) is 0 Å². The molecule has 2 unspecified atom stereocenters. The summed E-state index contributed by atoms with van der Waals surface area (Å²) >= 11 is 0. The van der Waals surface area contributed by atoms with Gasteiger partial charge in [-0.1, -0.05) is 19.1 Å². The van der Waals surface area contributed by atoms with Crippen LogP contribution < -0.4 is 4.74 Å². The van der Waals surface area contributed by atoms with Crippen LogP contribution in [-0.4, -0.2) is 41.7 Å². The van der Waals surface area contributed by atoms with Gasteiger partial charge in [0.1, 0.15) is 5.75 Å². The van der Waals surface area contributed by atoms with E-state index in [1.807, 2.05) is 45.0 Å². The second-order valence-electron chi connectivity index (χ2n) is 5.87. The van der Waals surface area contributed by atoms with Crippen molar-refractivity contribution >= 4 is 5.91 Å². The molecule has 4 heteroatoms. The molecule has 1 aromatic carbocycles. The summed E-state index contributed by atoms with van der Waals surface area (Å²) in [6.45, 7) is 8.07. The topological polar surface area (TPSA) is 49.8 Å². The predicted octanol–water partition coefficient (Wildman–Crippen LogP) is 2.81. The molecular weight excluding hydrogens is 266 g/mol. The van der Waals surface area contributed by atoms with Crippen LogP contribution in [0.2, 0.25) is 0 Å². The Balaban J connectivity index is 2.70. The lowest BCUT2D eigenvalue weighted by Gasteiger charge is -2.29. The highest BCUT2D eigenvalue weighted by atomic mass is 16.5. The number of rotatable bonds is 7. The van der Waals surface area contributed by atoms with Crippen molar-refractivity contribution in [1.82, 2.24) is 4.90 Å². The summed E-state index contributed by atoms with van der Waals surface area (Å²) < 4.78 is 5.14. The highest BCUT2D eigenvalue weighted by molar-refractivity contribution is 5.77. The van der Waals surface area contributed by atoms with Gasteiger partial charge in [0.2, 0.25) is 5.91 Å². The molecule has 0 aliphatic heterocycles. The molecule has 0 radical (unpaired) electrons. The van der Waals surface area contributed by atoms with Crippen LogP contribution >= 0.6 is 0 Å². The molecule has 118 valence electrons. The maximum Gasteiger partial charge on any atom is 0.223 e. The van der Waals surface area contributed by atoms with E-state index in [-0.39, 0.29) is 17.9 Å². The average Bonchev–Trinajstić information content (AvgIpc) is 2.44. The second-order valence-corrected chi connectivity index (χ2v) is 5.87. The smallest absolute Gasteiger partial charge is 0.223 e. The van der Waals surface area contributed by atoms with Crippen LogP contribution in [0.3, 0.4) is 0 Å². The van der Waals surface area contributed by atoms with Crippen molar-refractivity contribution in [3.63, 3.8) is 0 Å². The number of aliphatic hydroxyl groups is 1. The molecule has 21 heavy (non-hydrogen) atoms. The summed E-state index contributed by atoms with van der Waals surface area (Å²) in [7, 11) is 1.64. The quantitative estimate of drug-likeness (QED) is 0.841. The van der Waals surface area contributed by atoms with E-state index < -0.39 is 6.10 Å². The molecule has 0 aliphatic carbocycles. The van der Waals surface area contributed by atoms with Gasteiger partial charge in [-0.3, -0.25) is 4.79 Å². The lowest BCUT2D eigenvalue weighted by molar-refractivity contribution is -0.134. The Bertz CT molecular complexity index is 440. The van der Waals surface area contributed by atoms with Crippen LogP contribution in [0, 0.1) is 0 Å². The summed E-state index contributed by atoms with van der Waals surface area (Å²) in [6.07, 6.45) is -0.0651. The zero-order valence-electron chi connectivity index (χ0n) is 13.7. The van der Waals surface area contributed by atoms with Crippen LogP contribution in [0.4, 0.5) is 0 Å². The molecule has 1 amide bonds. The van der Waals surface area contributed by atoms with E-state index in [4.69, 9.17) is 4.74 Å². The Kier molecular flexibility index (Phi) is 6.69. The highest BCUT2D eigenvalue weighted by Crippen LogP contribution is 2.23. The van der Waals surface area contributed by atoms with Crippen molar-refractivity contribution in [2.45, 2.75) is 52.2 Å². The van der Waals surface area contributed by atoms with E-state index in [9.17, 15) is 9.90 Å². The Labute approximate surface area is 127 Å². The maximum absolute atomic E-state index is 12.4. The second kappa shape index (κ2) is 8.03. The lowest BCUT2D eigenvalue weighted by Crippen LogP contribution is -2.41. The summed E-state index contributed by atoms with van der Waals surface area (Å²) in [5.41, 5.74) is 1.12. The van der Waals surface area contributed by atoms with E-state index in [2.05, 4.69) is 0 Å². The maximum atomic E-state index is 12.4. The average molecular weight is 293 g/mol. The summed E-state index contributed by atoms with van der Waals surface area (Å²) in [5.74, 6) is 1.03. The van der Waals surface area contributed by atoms with Gasteiger partial charge in [-0.15, -0.1) is 0 Å². The first-order valence-electron chi connectivity index (χ1n) is 7.46. The molecule has 1 rings (SSSR count). The number of nitrogens with zero attached hydrogens (tertiary/aromatic N) is 1. The SMILES string of the molecule is COc1ccc(C(C)CC(=O)N(CC(C)O)C(C)C)cc1. The number of methoxy groups -OCH3 is 1. The standard InChI is InChI=1S/C17H27NO3/c1-12(2)18(11-14(4)19)17(20)10-13(3)15-6-8-16(21-5)9-7-15/h6-9,12-14,19H,10-11H2,1-5H3. The van der Waals surface area contributed by atoms with Crippen LogP contribution in [0.25, 0.3) is 0 Å². The van der Waals surface area contributed by atoms with Crippen LogP contribution in [0.15, 0.2) is 24.3 Å². The molecule has 0 bridgehead atoms. The molecule has 0 fully saturated rings. The van der Waals surface area contributed by atoms with Crippen molar-refractivity contribution in [2.75, 3.05) is 13.7 Å². The fourth-order valence-corrected chi connectivity index (χ4v) is 2.31. The first-order valence-corrected chi connectivity index (χ1v) is 7.46.